The number of fused-ring (bicyclic) bond motifs is 10. The number of nitrogens with one attached hydrogen (secondary N) is 1. The Hall–Kier alpha value is -5.57. The van der Waals surface area contributed by atoms with Crippen LogP contribution in [-0.2, 0) is 36.1 Å². The number of aliphatic carboxylic acids is 1. The van der Waals surface area contributed by atoms with E-state index in [1.165, 1.54) is 42.8 Å². The first-order valence-corrected chi connectivity index (χ1v) is 17.0. The molecular weight excluding hydrogens is 694 g/mol. The molecule has 15 heteroatoms. The van der Waals surface area contributed by atoms with Crippen LogP contribution in [0.2, 0.25) is 0 Å². The molecular formula is C38H37F4N7O4. The number of carboxylic acid groups (broad SMARTS) is 1. The number of aliphatic hydroxyl groups is 1. The van der Waals surface area contributed by atoms with Crippen LogP contribution in [0.15, 0.2) is 67.0 Å². The zero-order valence-electron chi connectivity index (χ0n) is 29.4. The van der Waals surface area contributed by atoms with Crippen LogP contribution in [-0.4, -0.2) is 57.0 Å². The van der Waals surface area contributed by atoms with Crippen LogP contribution in [0.1, 0.15) is 68.2 Å². The zero-order chi connectivity index (χ0) is 37.9. The highest BCUT2D eigenvalue weighted by Gasteiger charge is 2.51. The molecule has 3 N–H and O–H groups in total. The van der Waals surface area contributed by atoms with E-state index in [1.54, 1.807) is 31.4 Å². The summed E-state index contributed by atoms with van der Waals surface area (Å²) in [5, 5.41) is 33.6. The summed E-state index contributed by atoms with van der Waals surface area (Å²) in [5.41, 5.74) is -1.19. The third kappa shape index (κ3) is 6.53. The highest BCUT2D eigenvalue weighted by molar-refractivity contribution is 5.85. The molecule has 6 bridgehead atoms. The fourth-order valence-corrected chi connectivity index (χ4v) is 6.94. The van der Waals surface area contributed by atoms with Crippen LogP contribution in [0.4, 0.5) is 17.6 Å². The van der Waals surface area contributed by atoms with Crippen molar-refractivity contribution < 1.29 is 37.3 Å². The number of carboxylic acids is 1. The number of ether oxygens (including phenoxy) is 1. The van der Waals surface area contributed by atoms with Crippen molar-refractivity contribution in [3.63, 3.8) is 0 Å². The first kappa shape index (κ1) is 35.8. The molecule has 3 aromatic heterocycles. The van der Waals surface area contributed by atoms with Crippen LogP contribution in [0, 0.1) is 17.0 Å². The van der Waals surface area contributed by atoms with Crippen molar-refractivity contribution in [2.75, 3.05) is 0 Å². The topological polar surface area (TPSA) is 144 Å². The molecule has 1 aliphatic rings. The minimum atomic E-state index is -3.85. The molecule has 0 saturated carbocycles. The van der Waals surface area contributed by atoms with Crippen molar-refractivity contribution in [2.24, 2.45) is 12.5 Å². The Bertz CT molecular complexity index is 2350. The fraction of sp³-hybridized carbons (Fsp3) is 0.342. The van der Waals surface area contributed by atoms with Gasteiger partial charge < -0.3 is 19.9 Å². The van der Waals surface area contributed by atoms with Gasteiger partial charge in [-0.1, -0.05) is 43.3 Å². The Kier molecular flexibility index (Phi) is 8.87. The molecule has 6 aromatic rings. The van der Waals surface area contributed by atoms with E-state index in [-0.39, 0.29) is 66.5 Å². The van der Waals surface area contributed by atoms with Crippen molar-refractivity contribution in [1.82, 2.24) is 34.7 Å². The van der Waals surface area contributed by atoms with Gasteiger partial charge in [-0.15, -0.1) is 5.10 Å². The van der Waals surface area contributed by atoms with E-state index >= 15 is 17.6 Å². The molecule has 4 heterocycles. The second-order valence-corrected chi connectivity index (χ2v) is 14.5. The van der Waals surface area contributed by atoms with Crippen molar-refractivity contribution >= 4 is 16.9 Å². The van der Waals surface area contributed by atoms with Crippen molar-refractivity contribution in [2.45, 2.75) is 70.4 Å². The van der Waals surface area contributed by atoms with Gasteiger partial charge in [0.1, 0.15) is 17.7 Å². The third-order valence-electron chi connectivity index (χ3n) is 10.3. The largest absolute Gasteiger partial charge is 0.481 e. The molecule has 0 spiro atoms. The summed E-state index contributed by atoms with van der Waals surface area (Å²) in [6, 6.07) is 14.0. The summed E-state index contributed by atoms with van der Waals surface area (Å²) in [7, 11) is 1.59. The summed E-state index contributed by atoms with van der Waals surface area (Å²) in [6.45, 7) is 4.65. The average molecular weight is 732 g/mol. The van der Waals surface area contributed by atoms with Gasteiger partial charge in [0.05, 0.1) is 23.7 Å². The molecule has 0 saturated heterocycles. The number of benzene rings is 3. The number of halogens is 4. The van der Waals surface area contributed by atoms with Crippen LogP contribution in [0.25, 0.3) is 22.3 Å². The fourth-order valence-electron chi connectivity index (χ4n) is 6.94. The predicted molar refractivity (Wildman–Crippen MR) is 186 cm³/mol. The van der Waals surface area contributed by atoms with Crippen molar-refractivity contribution in [3.8, 4) is 22.9 Å². The van der Waals surface area contributed by atoms with E-state index in [1.807, 2.05) is 19.1 Å². The van der Waals surface area contributed by atoms with Gasteiger partial charge in [-0.3, -0.25) is 4.79 Å². The summed E-state index contributed by atoms with van der Waals surface area (Å²) >= 11 is 0. The van der Waals surface area contributed by atoms with Crippen LogP contribution >= 0.6 is 0 Å². The van der Waals surface area contributed by atoms with E-state index in [0.29, 0.717) is 16.5 Å². The van der Waals surface area contributed by atoms with E-state index in [4.69, 9.17) is 14.8 Å². The van der Waals surface area contributed by atoms with E-state index < -0.39 is 46.2 Å². The SMILES string of the molecule is Cn1nc2nc1-c1cc(ccc1F)Oc1c(F)cc3[nH]ccc3c1Cn1cc(nn1)C(F)(F)C(O)C(C)(C)CCC2(C)c1cccc(CCC(=O)O)c1. The summed E-state index contributed by atoms with van der Waals surface area (Å²) in [4.78, 5) is 19.1. The quantitative estimate of drug-likeness (QED) is 0.161. The monoisotopic (exact) mass is 731 g/mol. The Balaban J connectivity index is 1.42. The minimum absolute atomic E-state index is 0.0141. The van der Waals surface area contributed by atoms with Crippen LogP contribution < -0.4 is 4.74 Å². The van der Waals surface area contributed by atoms with E-state index in [9.17, 15) is 15.0 Å². The van der Waals surface area contributed by atoms with Crippen LogP contribution in [0.5, 0.6) is 11.5 Å². The molecule has 0 radical (unpaired) electrons. The molecule has 2 unspecified atom stereocenters. The maximum atomic E-state index is 16.2. The highest BCUT2D eigenvalue weighted by Crippen LogP contribution is 2.46. The Morgan fingerprint density at radius 1 is 1.06 bits per heavy atom. The lowest BCUT2D eigenvalue weighted by Gasteiger charge is -2.38. The predicted octanol–water partition coefficient (Wildman–Crippen LogP) is 7.27. The zero-order valence-corrected chi connectivity index (χ0v) is 29.4. The number of rotatable bonds is 4. The Morgan fingerprint density at radius 3 is 2.62 bits per heavy atom. The lowest BCUT2D eigenvalue weighted by atomic mass is 9.70. The number of aromatic amines is 1. The lowest BCUT2D eigenvalue weighted by molar-refractivity contribution is -0.165. The number of H-pyrrole nitrogens is 1. The number of hydrogen-bond acceptors (Lipinski definition) is 7. The van der Waals surface area contributed by atoms with Gasteiger partial charge in [-0.25, -0.2) is 23.1 Å². The standard InChI is InChI=1S/C38H37F4N7O4/c1-36(2)13-14-37(3,22-7-5-6-21(16-22)8-11-31(50)51)35-44-33(48(4)46-35)25-17-23(9-10-27(25)39)53-32-26(24-12-15-43-29(24)18-28(32)40)19-49-20-30(45-47-49)38(41,42)34(36)52/h5-7,9-10,12,15-18,20,34,43,52H,8,11,13-14,19H2,1-4H3,(H,50,51). The van der Waals surface area contributed by atoms with Gasteiger partial charge in [-0.05, 0) is 67.0 Å². The molecule has 7 rings (SSSR count). The highest BCUT2D eigenvalue weighted by atomic mass is 19.3. The Labute approximate surface area is 301 Å². The van der Waals surface area contributed by atoms with E-state index in [0.717, 1.165) is 16.4 Å². The number of aryl methyl sites for hydroxylation is 2. The molecule has 11 nitrogen and oxygen atoms in total. The second kappa shape index (κ2) is 13.1. The second-order valence-electron chi connectivity index (χ2n) is 14.5. The molecule has 0 aliphatic carbocycles. The van der Waals surface area contributed by atoms with Crippen molar-refractivity contribution in [1.29, 1.82) is 0 Å². The summed E-state index contributed by atoms with van der Waals surface area (Å²) in [5.74, 6) is -6.02. The molecule has 0 amide bonds. The number of aromatic nitrogens is 7. The van der Waals surface area contributed by atoms with Crippen molar-refractivity contribution in [3.05, 3.63) is 107 Å². The number of hydrogen-bond donors (Lipinski definition) is 3. The molecule has 1 aliphatic heterocycles. The van der Waals surface area contributed by atoms with E-state index in [2.05, 4.69) is 15.3 Å². The molecule has 276 valence electrons. The maximum absolute atomic E-state index is 16.2. The van der Waals surface area contributed by atoms with Crippen LogP contribution in [0.3, 0.4) is 0 Å². The van der Waals surface area contributed by atoms with Gasteiger partial charge in [0.25, 0.3) is 0 Å². The van der Waals surface area contributed by atoms with Gasteiger partial charge in [0.2, 0.25) is 0 Å². The van der Waals surface area contributed by atoms with Gasteiger partial charge >= 0.3 is 11.9 Å². The lowest BCUT2D eigenvalue weighted by Crippen LogP contribution is -2.44. The first-order valence-electron chi connectivity index (χ1n) is 17.0. The summed E-state index contributed by atoms with van der Waals surface area (Å²) in [6.07, 6.45) is 0.723. The first-order chi connectivity index (χ1) is 25.1. The van der Waals surface area contributed by atoms with Gasteiger partial charge in [-0.2, -0.15) is 13.9 Å². The summed E-state index contributed by atoms with van der Waals surface area (Å²) < 4.78 is 72.5. The maximum Gasteiger partial charge on any atom is 0.318 e. The van der Waals surface area contributed by atoms with Gasteiger partial charge in [0, 0.05) is 42.2 Å². The molecule has 53 heavy (non-hydrogen) atoms. The number of alkyl halides is 2. The third-order valence-corrected chi connectivity index (χ3v) is 10.3. The average Bonchev–Trinajstić information content (AvgIpc) is 3.88. The molecule has 0 fully saturated rings. The molecule has 2 atom stereocenters. The number of aliphatic hydroxyl groups excluding tert-OH is 1. The number of nitrogens with zero attached hydrogens (tertiary/aromatic N) is 6. The normalized spacial score (nSPS) is 19.8. The minimum Gasteiger partial charge on any atom is -0.481 e. The number of carbonyl (C=O) groups is 1. The Morgan fingerprint density at radius 2 is 1.85 bits per heavy atom. The van der Waals surface area contributed by atoms with Gasteiger partial charge in [0.15, 0.2) is 28.9 Å². The smallest absolute Gasteiger partial charge is 0.318 e. The molecule has 3 aromatic carbocycles.